The molecule has 0 amide bonds. The van der Waals surface area contributed by atoms with E-state index in [2.05, 4.69) is 32.7 Å². The maximum atomic E-state index is 5.94. The summed E-state index contributed by atoms with van der Waals surface area (Å²) in [6.07, 6.45) is 1.82. The van der Waals surface area contributed by atoms with E-state index < -0.39 is 0 Å². The van der Waals surface area contributed by atoms with Gasteiger partial charge in [0.05, 0.1) is 17.8 Å². The van der Waals surface area contributed by atoms with Crippen LogP contribution in [0.5, 0.6) is 11.5 Å². The summed E-state index contributed by atoms with van der Waals surface area (Å²) in [4.78, 5) is 7.99. The first-order chi connectivity index (χ1) is 14.8. The van der Waals surface area contributed by atoms with Crippen LogP contribution in [-0.2, 0) is 0 Å². The van der Waals surface area contributed by atoms with E-state index in [-0.39, 0.29) is 12.1 Å². The van der Waals surface area contributed by atoms with Crippen molar-refractivity contribution in [2.24, 2.45) is 0 Å². The molecule has 148 valence electrons. The van der Waals surface area contributed by atoms with Gasteiger partial charge in [-0.2, -0.15) is 0 Å². The minimum atomic E-state index is -0.0161. The van der Waals surface area contributed by atoms with E-state index in [1.807, 2.05) is 79.0 Å². The van der Waals surface area contributed by atoms with Crippen molar-refractivity contribution in [3.05, 3.63) is 107 Å². The van der Waals surface area contributed by atoms with Crippen LogP contribution in [0.3, 0.4) is 0 Å². The predicted octanol–water partition coefficient (Wildman–Crippen LogP) is 6.11. The molecule has 2 aromatic carbocycles. The van der Waals surface area contributed by atoms with Gasteiger partial charge in [-0.25, -0.2) is 0 Å². The van der Waals surface area contributed by atoms with Crippen LogP contribution in [0.1, 0.15) is 22.7 Å². The van der Waals surface area contributed by atoms with Crippen molar-refractivity contribution < 1.29 is 4.74 Å². The monoisotopic (exact) mass is 429 g/mol. The summed E-state index contributed by atoms with van der Waals surface area (Å²) in [5, 5.41) is 6.28. The maximum absolute atomic E-state index is 5.94. The van der Waals surface area contributed by atoms with Gasteiger partial charge in [0.25, 0.3) is 0 Å². The Bertz CT molecular complexity index is 1120. The Kier molecular flexibility index (Phi) is 5.17. The first-order valence-corrected chi connectivity index (χ1v) is 11.0. The van der Waals surface area contributed by atoms with Gasteiger partial charge >= 0.3 is 0 Å². The Morgan fingerprint density at radius 3 is 2.33 bits per heavy atom. The third-order valence-corrected chi connectivity index (χ3v) is 6.28. The topological polar surface area (TPSA) is 37.4 Å². The number of aromatic nitrogens is 1. The van der Waals surface area contributed by atoms with Crippen LogP contribution in [0.15, 0.2) is 96.5 Å². The lowest BCUT2D eigenvalue weighted by Gasteiger charge is -2.27. The zero-order valence-corrected chi connectivity index (χ0v) is 17.6. The van der Waals surface area contributed by atoms with Crippen molar-refractivity contribution >= 4 is 34.4 Å². The second-order valence-corrected chi connectivity index (χ2v) is 8.29. The van der Waals surface area contributed by atoms with Gasteiger partial charge in [0, 0.05) is 16.8 Å². The zero-order valence-electron chi connectivity index (χ0n) is 16.0. The van der Waals surface area contributed by atoms with Crippen molar-refractivity contribution in [3.63, 3.8) is 0 Å². The molecule has 0 radical (unpaired) electrons. The Hall–Kier alpha value is -3.22. The highest BCUT2D eigenvalue weighted by molar-refractivity contribution is 7.80. The molecule has 0 saturated carbocycles. The van der Waals surface area contributed by atoms with Gasteiger partial charge in [-0.05, 0) is 72.2 Å². The Morgan fingerprint density at radius 2 is 1.63 bits per heavy atom. The number of anilines is 1. The highest BCUT2D eigenvalue weighted by atomic mass is 32.1. The van der Waals surface area contributed by atoms with Gasteiger partial charge < -0.3 is 15.0 Å². The quantitative estimate of drug-likeness (QED) is 0.387. The Morgan fingerprint density at radius 1 is 0.867 bits per heavy atom. The van der Waals surface area contributed by atoms with Gasteiger partial charge in [0.2, 0.25) is 0 Å². The lowest BCUT2D eigenvalue weighted by molar-refractivity contribution is 0.482. The molecule has 30 heavy (non-hydrogen) atoms. The van der Waals surface area contributed by atoms with E-state index in [0.717, 1.165) is 22.9 Å². The number of thiocarbonyl (C=S) groups is 1. The van der Waals surface area contributed by atoms with Crippen molar-refractivity contribution in [3.8, 4) is 11.5 Å². The van der Waals surface area contributed by atoms with Gasteiger partial charge in [-0.1, -0.05) is 30.3 Å². The predicted molar refractivity (Wildman–Crippen MR) is 125 cm³/mol. The normalized spacial score (nSPS) is 18.3. The summed E-state index contributed by atoms with van der Waals surface area (Å²) in [5.74, 6) is 1.60. The number of pyridine rings is 1. The Balaban J connectivity index is 1.47. The molecule has 1 fully saturated rings. The number of benzene rings is 2. The fourth-order valence-electron chi connectivity index (χ4n) is 3.68. The molecule has 1 aliphatic heterocycles. The number of hydrogen-bond donors (Lipinski definition) is 1. The molecule has 4 aromatic rings. The molecule has 2 aromatic heterocycles. The van der Waals surface area contributed by atoms with E-state index in [9.17, 15) is 0 Å². The number of thiophene rings is 1. The van der Waals surface area contributed by atoms with E-state index in [1.54, 1.807) is 11.3 Å². The number of nitrogens with one attached hydrogen (secondary N) is 1. The fraction of sp³-hybridized carbons (Fsp3) is 0.0833. The average Bonchev–Trinajstić information content (AvgIpc) is 3.43. The molecular weight excluding hydrogens is 410 g/mol. The third-order valence-electron chi connectivity index (χ3n) is 5.03. The highest BCUT2D eigenvalue weighted by Gasteiger charge is 2.41. The standard InChI is InChI=1S/C24H19N3OS2/c29-24-26-22(20-9-4-5-15-25-20)23(21-10-6-16-30-21)27(24)17-11-13-19(14-12-17)28-18-7-2-1-3-8-18/h1-16,22-23H,(H,26,29)/t22-,23+/m0/s1. The molecule has 5 rings (SSSR count). The van der Waals surface area contributed by atoms with Crippen molar-refractivity contribution in [1.29, 1.82) is 0 Å². The lowest BCUT2D eigenvalue weighted by atomic mass is 10.0. The number of rotatable bonds is 5. The summed E-state index contributed by atoms with van der Waals surface area (Å²) in [5.41, 5.74) is 1.99. The summed E-state index contributed by atoms with van der Waals surface area (Å²) < 4.78 is 5.94. The van der Waals surface area contributed by atoms with Crippen LogP contribution in [0, 0.1) is 0 Å². The molecular formula is C24H19N3OS2. The molecule has 1 N–H and O–H groups in total. The summed E-state index contributed by atoms with van der Waals surface area (Å²) in [6, 6.07) is 28.1. The zero-order chi connectivity index (χ0) is 20.3. The molecule has 2 atom stereocenters. The first-order valence-electron chi connectivity index (χ1n) is 9.66. The lowest BCUT2D eigenvalue weighted by Crippen LogP contribution is -2.28. The van der Waals surface area contributed by atoms with Crippen molar-refractivity contribution in [1.82, 2.24) is 10.3 Å². The van der Waals surface area contributed by atoms with Gasteiger partial charge in [0.1, 0.15) is 11.5 Å². The summed E-state index contributed by atoms with van der Waals surface area (Å²) in [6.45, 7) is 0. The molecule has 0 unspecified atom stereocenters. The van der Waals surface area contributed by atoms with E-state index in [4.69, 9.17) is 17.0 Å². The minimum Gasteiger partial charge on any atom is -0.457 e. The number of nitrogens with zero attached hydrogens (tertiary/aromatic N) is 2. The van der Waals surface area contributed by atoms with Crippen LogP contribution in [0.2, 0.25) is 0 Å². The number of hydrogen-bond acceptors (Lipinski definition) is 4. The van der Waals surface area contributed by atoms with Crippen molar-refractivity contribution in [2.75, 3.05) is 4.90 Å². The van der Waals surface area contributed by atoms with Gasteiger partial charge in [0.15, 0.2) is 5.11 Å². The van der Waals surface area contributed by atoms with E-state index in [1.165, 1.54) is 4.88 Å². The molecule has 0 aliphatic carbocycles. The average molecular weight is 430 g/mol. The highest BCUT2D eigenvalue weighted by Crippen LogP contribution is 2.43. The third kappa shape index (κ3) is 3.67. The fourth-order valence-corrected chi connectivity index (χ4v) is 4.88. The number of para-hydroxylation sites is 1. The van der Waals surface area contributed by atoms with E-state index >= 15 is 0 Å². The largest absolute Gasteiger partial charge is 0.457 e. The molecule has 1 saturated heterocycles. The molecule has 3 heterocycles. The number of ether oxygens (including phenoxy) is 1. The molecule has 4 nitrogen and oxygen atoms in total. The van der Waals surface area contributed by atoms with Gasteiger partial charge in [-0.15, -0.1) is 11.3 Å². The van der Waals surface area contributed by atoms with Crippen LogP contribution >= 0.6 is 23.6 Å². The molecule has 1 aliphatic rings. The summed E-state index contributed by atoms with van der Waals surface area (Å²) >= 11 is 7.48. The smallest absolute Gasteiger partial charge is 0.174 e. The minimum absolute atomic E-state index is 0.0161. The van der Waals surface area contributed by atoms with Crippen molar-refractivity contribution in [2.45, 2.75) is 12.1 Å². The first kappa shape index (κ1) is 18.8. The van der Waals surface area contributed by atoms with Crippen LogP contribution in [-0.4, -0.2) is 10.1 Å². The van der Waals surface area contributed by atoms with E-state index in [0.29, 0.717) is 5.11 Å². The molecule has 6 heteroatoms. The summed E-state index contributed by atoms with van der Waals surface area (Å²) in [7, 11) is 0. The van der Waals surface area contributed by atoms with Gasteiger partial charge in [-0.3, -0.25) is 4.98 Å². The molecule has 0 spiro atoms. The van der Waals surface area contributed by atoms with Crippen LogP contribution in [0.25, 0.3) is 0 Å². The van der Waals surface area contributed by atoms with Crippen LogP contribution < -0.4 is 15.0 Å². The SMILES string of the molecule is S=C1N[C@@H](c2ccccn2)[C@@H](c2cccs2)N1c1ccc(Oc2ccccc2)cc1. The Labute approximate surface area is 184 Å². The van der Waals surface area contributed by atoms with Crippen LogP contribution in [0.4, 0.5) is 5.69 Å². The maximum Gasteiger partial charge on any atom is 0.174 e. The molecule has 0 bridgehead atoms. The second kappa shape index (κ2) is 8.26. The second-order valence-electron chi connectivity index (χ2n) is 6.92.